The van der Waals surface area contributed by atoms with Crippen molar-refractivity contribution < 1.29 is 0 Å². The van der Waals surface area contributed by atoms with Crippen LogP contribution in [-0.2, 0) is 6.42 Å². The van der Waals surface area contributed by atoms with Crippen LogP contribution in [-0.4, -0.2) is 0 Å². The Bertz CT molecular complexity index is 475. The molecule has 0 N–H and O–H groups in total. The fourth-order valence-corrected chi connectivity index (χ4v) is 2.13. The molecule has 0 heteroatoms. The van der Waals surface area contributed by atoms with E-state index < -0.39 is 0 Å². The zero-order valence-electron chi connectivity index (χ0n) is 8.88. The van der Waals surface area contributed by atoms with Gasteiger partial charge in [0.15, 0.2) is 0 Å². The monoisotopic (exact) mass is 184 g/mol. The van der Waals surface area contributed by atoms with Gasteiger partial charge in [0, 0.05) is 0 Å². The summed E-state index contributed by atoms with van der Waals surface area (Å²) in [4.78, 5) is 0. The number of rotatable bonds is 0. The van der Waals surface area contributed by atoms with E-state index in [-0.39, 0.29) is 0 Å². The van der Waals surface area contributed by atoms with Gasteiger partial charge in [0.1, 0.15) is 0 Å². The third-order valence-corrected chi connectivity index (χ3v) is 2.88. The molecule has 2 rings (SSSR count). The van der Waals surface area contributed by atoms with Gasteiger partial charge in [-0.05, 0) is 48.3 Å². The second-order valence-corrected chi connectivity index (χ2v) is 3.66. The Hall–Kier alpha value is -1.30. The van der Waals surface area contributed by atoms with Gasteiger partial charge in [-0.15, -0.1) is 0 Å². The Morgan fingerprint density at radius 2 is 2.00 bits per heavy atom. The first kappa shape index (κ1) is 9.26. The average Bonchev–Trinajstić information content (AvgIpc) is 2.27. The summed E-state index contributed by atoms with van der Waals surface area (Å²) in [7, 11) is 0. The number of hydrogen-bond donors (Lipinski definition) is 0. The standard InChI is InChI=1S/C14H16/c1-3-11-9-10-12-7-5-6-8-14(12)13(11)4-2/h3-4,6,8-10H,5,7H2,1-2H3/b11-3-,13-4+. The summed E-state index contributed by atoms with van der Waals surface area (Å²) in [6.07, 6.45) is 11.3. The first-order chi connectivity index (χ1) is 6.86. The molecule has 0 bridgehead atoms. The van der Waals surface area contributed by atoms with Gasteiger partial charge < -0.3 is 0 Å². The first-order valence-corrected chi connectivity index (χ1v) is 5.28. The molecule has 0 atom stereocenters. The predicted molar refractivity (Wildman–Crippen MR) is 63.3 cm³/mol. The molecule has 0 unspecified atom stereocenters. The molecule has 1 aliphatic carbocycles. The van der Waals surface area contributed by atoms with Gasteiger partial charge in [-0.3, -0.25) is 0 Å². The van der Waals surface area contributed by atoms with Gasteiger partial charge in [-0.2, -0.15) is 0 Å². The van der Waals surface area contributed by atoms with Gasteiger partial charge in [0.05, 0.1) is 0 Å². The molecule has 0 radical (unpaired) electrons. The molecule has 0 fully saturated rings. The lowest BCUT2D eigenvalue weighted by Gasteiger charge is -2.10. The lowest BCUT2D eigenvalue weighted by molar-refractivity contribution is 0.980. The van der Waals surface area contributed by atoms with Crippen LogP contribution in [0.5, 0.6) is 0 Å². The second-order valence-electron chi connectivity index (χ2n) is 3.66. The van der Waals surface area contributed by atoms with Crippen molar-refractivity contribution in [3.05, 3.63) is 39.8 Å². The van der Waals surface area contributed by atoms with E-state index in [1.807, 2.05) is 0 Å². The fourth-order valence-electron chi connectivity index (χ4n) is 2.13. The molecule has 1 aliphatic rings. The van der Waals surface area contributed by atoms with E-state index in [2.05, 4.69) is 50.3 Å². The third-order valence-electron chi connectivity index (χ3n) is 2.88. The molecule has 0 nitrogen and oxygen atoms in total. The van der Waals surface area contributed by atoms with Crippen LogP contribution in [0, 0.1) is 0 Å². The Morgan fingerprint density at radius 1 is 1.14 bits per heavy atom. The molecule has 1 aromatic carbocycles. The van der Waals surface area contributed by atoms with Crippen molar-refractivity contribution in [3.63, 3.8) is 0 Å². The van der Waals surface area contributed by atoms with Crippen molar-refractivity contribution in [3.8, 4) is 0 Å². The summed E-state index contributed by atoms with van der Waals surface area (Å²) in [5, 5.41) is 2.73. The molecule has 0 aromatic heterocycles. The highest BCUT2D eigenvalue weighted by atomic mass is 14.1. The van der Waals surface area contributed by atoms with E-state index in [0.717, 1.165) is 0 Å². The molecule has 1 aromatic rings. The van der Waals surface area contributed by atoms with Crippen molar-refractivity contribution in [2.75, 3.05) is 0 Å². The first-order valence-electron chi connectivity index (χ1n) is 5.28. The highest BCUT2D eigenvalue weighted by Gasteiger charge is 2.04. The van der Waals surface area contributed by atoms with E-state index in [1.165, 1.54) is 34.4 Å². The van der Waals surface area contributed by atoms with Crippen molar-refractivity contribution in [2.24, 2.45) is 0 Å². The molecule has 0 saturated heterocycles. The summed E-state index contributed by atoms with van der Waals surface area (Å²) in [6, 6.07) is 4.49. The molecule has 0 amide bonds. The zero-order valence-corrected chi connectivity index (χ0v) is 8.88. The van der Waals surface area contributed by atoms with E-state index >= 15 is 0 Å². The van der Waals surface area contributed by atoms with Gasteiger partial charge >= 0.3 is 0 Å². The van der Waals surface area contributed by atoms with E-state index in [0.29, 0.717) is 0 Å². The van der Waals surface area contributed by atoms with E-state index in [4.69, 9.17) is 0 Å². The number of aryl methyl sites for hydroxylation is 1. The van der Waals surface area contributed by atoms with E-state index in [9.17, 15) is 0 Å². The summed E-state index contributed by atoms with van der Waals surface area (Å²) >= 11 is 0. The number of fused-ring (bicyclic) bond motifs is 1. The number of benzene rings is 1. The molecular formula is C14H16. The lowest BCUT2D eigenvalue weighted by Crippen LogP contribution is -2.28. The highest BCUT2D eigenvalue weighted by Crippen LogP contribution is 2.13. The van der Waals surface area contributed by atoms with Gasteiger partial charge in [0.2, 0.25) is 0 Å². The van der Waals surface area contributed by atoms with Crippen molar-refractivity contribution in [2.45, 2.75) is 26.7 Å². The lowest BCUT2D eigenvalue weighted by atomic mass is 9.94. The Kier molecular flexibility index (Phi) is 2.53. The molecule has 72 valence electrons. The van der Waals surface area contributed by atoms with Crippen LogP contribution in [0.25, 0.3) is 18.2 Å². The maximum Gasteiger partial charge on any atom is -0.0152 e. The predicted octanol–water partition coefficient (Wildman–Crippen LogP) is 2.25. The molecule has 14 heavy (non-hydrogen) atoms. The molecule has 0 saturated carbocycles. The van der Waals surface area contributed by atoms with Crippen molar-refractivity contribution in [1.82, 2.24) is 0 Å². The largest absolute Gasteiger partial charge is 0.0836 e. The number of allylic oxidation sites excluding steroid dienone is 1. The maximum absolute atomic E-state index is 2.27. The minimum Gasteiger partial charge on any atom is -0.0836 e. The third kappa shape index (κ3) is 1.41. The zero-order chi connectivity index (χ0) is 9.97. The van der Waals surface area contributed by atoms with Crippen LogP contribution in [0.2, 0.25) is 0 Å². The smallest absolute Gasteiger partial charge is 0.0152 e. The van der Waals surface area contributed by atoms with Crippen LogP contribution in [0.15, 0.2) is 18.2 Å². The topological polar surface area (TPSA) is 0 Å². The maximum atomic E-state index is 2.27. The average molecular weight is 184 g/mol. The normalized spacial score (nSPS) is 17.3. The second kappa shape index (κ2) is 3.83. The summed E-state index contributed by atoms with van der Waals surface area (Å²) < 4.78 is 0. The fraction of sp³-hybridized carbons (Fsp3) is 0.286. The molecule has 0 spiro atoms. The van der Waals surface area contributed by atoms with Crippen LogP contribution in [0.1, 0.15) is 31.4 Å². The molecule has 0 heterocycles. The Balaban J connectivity index is 2.85. The highest BCUT2D eigenvalue weighted by molar-refractivity contribution is 5.59. The van der Waals surface area contributed by atoms with Crippen LogP contribution < -0.4 is 10.4 Å². The van der Waals surface area contributed by atoms with Gasteiger partial charge in [-0.1, -0.05) is 36.4 Å². The Labute approximate surface area is 85.3 Å². The van der Waals surface area contributed by atoms with Crippen LogP contribution in [0.4, 0.5) is 0 Å². The van der Waals surface area contributed by atoms with Crippen LogP contribution in [0.3, 0.4) is 0 Å². The minimum atomic E-state index is 1.19. The molecule has 0 aliphatic heterocycles. The van der Waals surface area contributed by atoms with Crippen molar-refractivity contribution >= 4 is 18.2 Å². The van der Waals surface area contributed by atoms with Gasteiger partial charge in [-0.25, -0.2) is 0 Å². The minimum absolute atomic E-state index is 1.19. The van der Waals surface area contributed by atoms with Crippen LogP contribution >= 0.6 is 0 Å². The summed E-state index contributed by atoms with van der Waals surface area (Å²) in [5.41, 5.74) is 2.92. The SMILES string of the molecule is C/C=c1/ccc2c(/c1=C/C)C=CCC2. The molecular weight excluding hydrogens is 168 g/mol. The van der Waals surface area contributed by atoms with E-state index in [1.54, 1.807) is 0 Å². The summed E-state index contributed by atoms with van der Waals surface area (Å²) in [6.45, 7) is 4.21. The quantitative estimate of drug-likeness (QED) is 0.580. The number of hydrogen-bond acceptors (Lipinski definition) is 0. The van der Waals surface area contributed by atoms with Crippen molar-refractivity contribution in [1.29, 1.82) is 0 Å². The van der Waals surface area contributed by atoms with Gasteiger partial charge in [0.25, 0.3) is 0 Å². The summed E-state index contributed by atoms with van der Waals surface area (Å²) in [5.74, 6) is 0. The Morgan fingerprint density at radius 3 is 2.71 bits per heavy atom.